The average Bonchev–Trinajstić information content (AvgIpc) is 2.33. The van der Waals surface area contributed by atoms with Crippen molar-refractivity contribution < 1.29 is 9.13 Å². The summed E-state index contributed by atoms with van der Waals surface area (Å²) in [5, 5.41) is 3.48. The Morgan fingerprint density at radius 2 is 2.29 bits per heavy atom. The molecule has 0 aromatic heterocycles. The topological polar surface area (TPSA) is 21.3 Å². The van der Waals surface area contributed by atoms with E-state index in [1.165, 1.54) is 31.4 Å². The summed E-state index contributed by atoms with van der Waals surface area (Å²) in [6.45, 7) is 1.78. The number of halogens is 2. The second kappa shape index (κ2) is 6.36. The van der Waals surface area contributed by atoms with Crippen molar-refractivity contribution in [2.24, 2.45) is 0 Å². The Kier molecular flexibility index (Phi) is 4.80. The van der Waals surface area contributed by atoms with Gasteiger partial charge in [-0.2, -0.15) is 0 Å². The maximum atomic E-state index is 12.9. The van der Waals surface area contributed by atoms with Crippen LogP contribution in [0.2, 0.25) is 0 Å². The van der Waals surface area contributed by atoms with Crippen molar-refractivity contribution in [1.82, 2.24) is 5.32 Å². The third-order valence-electron chi connectivity index (χ3n) is 3.03. The Hall–Kier alpha value is -0.610. The Bertz CT molecular complexity index is 366. The predicted molar refractivity (Wildman–Crippen MR) is 69.9 cm³/mol. The van der Waals surface area contributed by atoms with E-state index in [1.807, 2.05) is 0 Å². The third-order valence-corrected chi connectivity index (χ3v) is 3.65. The van der Waals surface area contributed by atoms with Crippen molar-refractivity contribution in [3.63, 3.8) is 0 Å². The van der Waals surface area contributed by atoms with Gasteiger partial charge in [-0.05, 0) is 59.9 Å². The summed E-state index contributed by atoms with van der Waals surface area (Å²) in [6.07, 6.45) is 4.82. The van der Waals surface area contributed by atoms with E-state index in [0.29, 0.717) is 22.9 Å². The fourth-order valence-corrected chi connectivity index (χ4v) is 2.54. The van der Waals surface area contributed by atoms with Crippen LogP contribution in [-0.4, -0.2) is 19.2 Å². The third kappa shape index (κ3) is 3.96. The van der Waals surface area contributed by atoms with E-state index in [0.717, 1.165) is 13.0 Å². The van der Waals surface area contributed by atoms with Crippen LogP contribution in [0.4, 0.5) is 4.39 Å². The van der Waals surface area contributed by atoms with Crippen molar-refractivity contribution in [3.8, 4) is 5.75 Å². The first kappa shape index (κ1) is 12.8. The van der Waals surface area contributed by atoms with E-state index in [2.05, 4.69) is 21.2 Å². The molecular weight excluding hydrogens is 285 g/mol. The number of benzene rings is 1. The number of hydrogen-bond acceptors (Lipinski definition) is 2. The molecule has 1 fully saturated rings. The van der Waals surface area contributed by atoms with Crippen molar-refractivity contribution in [2.75, 3.05) is 13.2 Å². The van der Waals surface area contributed by atoms with Crippen LogP contribution in [0.15, 0.2) is 22.7 Å². The molecule has 4 heteroatoms. The summed E-state index contributed by atoms with van der Waals surface area (Å²) in [5.41, 5.74) is 0. The number of ether oxygens (including phenoxy) is 1. The molecular formula is C13H17BrFNO. The quantitative estimate of drug-likeness (QED) is 0.919. The molecule has 94 valence electrons. The first-order valence-corrected chi connectivity index (χ1v) is 6.86. The number of rotatable bonds is 4. The van der Waals surface area contributed by atoms with E-state index >= 15 is 0 Å². The Balaban J connectivity index is 1.77. The summed E-state index contributed by atoms with van der Waals surface area (Å²) < 4.78 is 19.2. The standard InChI is InChI=1S/C13H17BrFNO/c14-12-9-10(15)4-5-13(12)17-8-6-11-3-1-2-7-16-11/h4-5,9,11,16H,1-3,6-8H2/t11-/m1/s1. The first-order valence-electron chi connectivity index (χ1n) is 6.07. The van der Waals surface area contributed by atoms with Crippen LogP contribution in [0.25, 0.3) is 0 Å². The second-order valence-electron chi connectivity index (χ2n) is 4.36. The highest BCUT2D eigenvalue weighted by Gasteiger charge is 2.12. The highest BCUT2D eigenvalue weighted by Crippen LogP contribution is 2.25. The lowest BCUT2D eigenvalue weighted by Gasteiger charge is -2.23. The molecule has 1 N–H and O–H groups in total. The average molecular weight is 302 g/mol. The van der Waals surface area contributed by atoms with Gasteiger partial charge in [-0.15, -0.1) is 0 Å². The molecule has 17 heavy (non-hydrogen) atoms. The molecule has 0 spiro atoms. The molecule has 0 unspecified atom stereocenters. The van der Waals surface area contributed by atoms with Gasteiger partial charge in [0.2, 0.25) is 0 Å². The lowest BCUT2D eigenvalue weighted by Crippen LogP contribution is -2.35. The van der Waals surface area contributed by atoms with Crippen molar-refractivity contribution in [1.29, 1.82) is 0 Å². The van der Waals surface area contributed by atoms with Crippen molar-refractivity contribution in [3.05, 3.63) is 28.5 Å². The van der Waals surface area contributed by atoms with Gasteiger partial charge in [-0.25, -0.2) is 4.39 Å². The molecule has 1 saturated heterocycles. The smallest absolute Gasteiger partial charge is 0.133 e. The molecule has 0 bridgehead atoms. The van der Waals surface area contributed by atoms with Gasteiger partial charge >= 0.3 is 0 Å². The molecule has 1 aliphatic rings. The van der Waals surface area contributed by atoms with E-state index in [9.17, 15) is 4.39 Å². The van der Waals surface area contributed by atoms with E-state index in [-0.39, 0.29) is 5.82 Å². The molecule has 0 amide bonds. The summed E-state index contributed by atoms with van der Waals surface area (Å²) in [7, 11) is 0. The number of nitrogens with one attached hydrogen (secondary N) is 1. The van der Waals surface area contributed by atoms with Crippen LogP contribution in [0.3, 0.4) is 0 Å². The minimum atomic E-state index is -0.252. The SMILES string of the molecule is Fc1ccc(OCC[C@H]2CCCCN2)c(Br)c1. The Morgan fingerprint density at radius 3 is 3.00 bits per heavy atom. The highest BCUT2D eigenvalue weighted by molar-refractivity contribution is 9.10. The molecule has 0 radical (unpaired) electrons. The van der Waals surface area contributed by atoms with Gasteiger partial charge in [0.15, 0.2) is 0 Å². The molecule has 1 aromatic carbocycles. The normalized spacial score (nSPS) is 20.2. The first-order chi connectivity index (χ1) is 8.25. The van der Waals surface area contributed by atoms with Gasteiger partial charge in [-0.1, -0.05) is 6.42 Å². The zero-order valence-electron chi connectivity index (χ0n) is 9.72. The lowest BCUT2D eigenvalue weighted by molar-refractivity contribution is 0.267. The molecule has 2 rings (SSSR count). The minimum absolute atomic E-state index is 0.252. The zero-order valence-corrected chi connectivity index (χ0v) is 11.3. The van der Waals surface area contributed by atoms with Crippen LogP contribution in [0, 0.1) is 5.82 Å². The summed E-state index contributed by atoms with van der Waals surface area (Å²) in [6, 6.07) is 5.07. The van der Waals surface area contributed by atoms with E-state index in [4.69, 9.17) is 4.74 Å². The van der Waals surface area contributed by atoms with Crippen molar-refractivity contribution >= 4 is 15.9 Å². The summed E-state index contributed by atoms with van der Waals surface area (Å²) in [4.78, 5) is 0. The van der Waals surface area contributed by atoms with Gasteiger partial charge in [0, 0.05) is 6.04 Å². The zero-order chi connectivity index (χ0) is 12.1. The van der Waals surface area contributed by atoms with Crippen LogP contribution in [-0.2, 0) is 0 Å². The largest absolute Gasteiger partial charge is 0.492 e. The highest BCUT2D eigenvalue weighted by atomic mass is 79.9. The van der Waals surface area contributed by atoms with Crippen LogP contribution < -0.4 is 10.1 Å². The molecule has 2 nitrogen and oxygen atoms in total. The van der Waals surface area contributed by atoms with Crippen LogP contribution in [0.5, 0.6) is 5.75 Å². The summed E-state index contributed by atoms with van der Waals surface area (Å²) >= 11 is 3.29. The van der Waals surface area contributed by atoms with Gasteiger partial charge < -0.3 is 10.1 Å². The molecule has 0 saturated carbocycles. The van der Waals surface area contributed by atoms with Gasteiger partial charge in [-0.3, -0.25) is 0 Å². The molecule has 1 aromatic rings. The van der Waals surface area contributed by atoms with Gasteiger partial charge in [0.25, 0.3) is 0 Å². The number of hydrogen-bond donors (Lipinski definition) is 1. The summed E-state index contributed by atoms with van der Waals surface area (Å²) in [5.74, 6) is 0.459. The van der Waals surface area contributed by atoms with E-state index in [1.54, 1.807) is 6.07 Å². The van der Waals surface area contributed by atoms with Gasteiger partial charge in [0.1, 0.15) is 11.6 Å². The van der Waals surface area contributed by atoms with Crippen LogP contribution >= 0.6 is 15.9 Å². The minimum Gasteiger partial charge on any atom is -0.492 e. The molecule has 1 heterocycles. The molecule has 1 aliphatic heterocycles. The lowest BCUT2D eigenvalue weighted by atomic mass is 10.0. The Labute approximate surface area is 110 Å². The van der Waals surface area contributed by atoms with E-state index < -0.39 is 0 Å². The Morgan fingerprint density at radius 1 is 1.41 bits per heavy atom. The fourth-order valence-electron chi connectivity index (χ4n) is 2.07. The maximum absolute atomic E-state index is 12.9. The van der Waals surface area contributed by atoms with Crippen LogP contribution in [0.1, 0.15) is 25.7 Å². The number of piperidine rings is 1. The predicted octanol–water partition coefficient (Wildman–Crippen LogP) is 3.50. The second-order valence-corrected chi connectivity index (χ2v) is 5.21. The fraction of sp³-hybridized carbons (Fsp3) is 0.538. The monoisotopic (exact) mass is 301 g/mol. The molecule has 0 aliphatic carbocycles. The van der Waals surface area contributed by atoms with Crippen molar-refractivity contribution in [2.45, 2.75) is 31.7 Å². The molecule has 1 atom stereocenters. The van der Waals surface area contributed by atoms with Gasteiger partial charge in [0.05, 0.1) is 11.1 Å². The maximum Gasteiger partial charge on any atom is 0.133 e.